The van der Waals surface area contributed by atoms with Crippen molar-refractivity contribution in [2.75, 3.05) is 0 Å². The molecular weight excluding hydrogens is 408 g/mol. The first-order chi connectivity index (χ1) is 15.2. The molecule has 6 aromatic rings. The molecular formula is C23H18N6OS. The van der Waals surface area contributed by atoms with E-state index in [4.69, 9.17) is 0 Å². The van der Waals surface area contributed by atoms with Crippen molar-refractivity contribution in [3.8, 4) is 0 Å². The number of aryl methyl sites for hydroxylation is 1. The Hall–Kier alpha value is -3.78. The molecule has 0 radical (unpaired) electrons. The molecule has 0 fully saturated rings. The highest BCUT2D eigenvalue weighted by molar-refractivity contribution is 7.05. The first-order valence-corrected chi connectivity index (χ1v) is 10.7. The van der Waals surface area contributed by atoms with Crippen molar-refractivity contribution in [2.24, 2.45) is 7.05 Å². The number of nitrogens with one attached hydrogen (secondary N) is 1. The average Bonchev–Trinajstić information content (AvgIpc) is 3.51. The third kappa shape index (κ3) is 2.87. The number of benzene rings is 2. The summed E-state index contributed by atoms with van der Waals surface area (Å²) >= 11 is 1.51. The normalized spacial score (nSPS) is 11.8. The topological polar surface area (TPSA) is 81.4 Å². The molecule has 2 aromatic carbocycles. The molecule has 4 heterocycles. The Labute approximate surface area is 180 Å². The first-order valence-electron chi connectivity index (χ1n) is 9.97. The van der Waals surface area contributed by atoms with Crippen molar-refractivity contribution < 1.29 is 0 Å². The summed E-state index contributed by atoms with van der Waals surface area (Å²) in [7, 11) is 1.95. The molecule has 0 spiro atoms. The zero-order valence-corrected chi connectivity index (χ0v) is 17.6. The number of aromatic amines is 1. The van der Waals surface area contributed by atoms with Gasteiger partial charge in [0.05, 0.1) is 24.5 Å². The van der Waals surface area contributed by atoms with E-state index in [1.165, 1.54) is 26.7 Å². The van der Waals surface area contributed by atoms with Crippen molar-refractivity contribution in [3.63, 3.8) is 0 Å². The van der Waals surface area contributed by atoms with Gasteiger partial charge in [-0.05, 0) is 40.9 Å². The molecule has 152 valence electrons. The van der Waals surface area contributed by atoms with Crippen LogP contribution in [-0.2, 0) is 20.0 Å². The Morgan fingerprint density at radius 1 is 1.06 bits per heavy atom. The fraction of sp³-hybridized carbons (Fsp3) is 0.130. The van der Waals surface area contributed by atoms with Crippen LogP contribution in [0, 0.1) is 0 Å². The predicted molar refractivity (Wildman–Crippen MR) is 123 cm³/mol. The maximum atomic E-state index is 13.4. The second-order valence-electron chi connectivity index (χ2n) is 7.68. The molecule has 7 nitrogen and oxygen atoms in total. The molecule has 0 saturated heterocycles. The van der Waals surface area contributed by atoms with Crippen LogP contribution in [0.5, 0.6) is 0 Å². The van der Waals surface area contributed by atoms with Crippen molar-refractivity contribution >= 4 is 44.2 Å². The zero-order chi connectivity index (χ0) is 20.9. The lowest BCUT2D eigenvalue weighted by Gasteiger charge is -2.06. The molecule has 31 heavy (non-hydrogen) atoms. The van der Waals surface area contributed by atoms with E-state index in [1.807, 2.05) is 42.1 Å². The van der Waals surface area contributed by atoms with Gasteiger partial charge in [0.2, 0.25) is 0 Å². The van der Waals surface area contributed by atoms with E-state index in [1.54, 1.807) is 12.4 Å². The number of rotatable bonds is 4. The van der Waals surface area contributed by atoms with Crippen LogP contribution in [0.2, 0.25) is 0 Å². The Morgan fingerprint density at radius 3 is 2.87 bits per heavy atom. The molecule has 0 saturated carbocycles. The quantitative estimate of drug-likeness (QED) is 0.464. The van der Waals surface area contributed by atoms with Crippen LogP contribution in [0.15, 0.2) is 65.8 Å². The second kappa shape index (κ2) is 6.88. The van der Waals surface area contributed by atoms with Crippen molar-refractivity contribution in [1.82, 2.24) is 28.9 Å². The van der Waals surface area contributed by atoms with Gasteiger partial charge in [-0.15, -0.1) is 0 Å². The van der Waals surface area contributed by atoms with E-state index in [9.17, 15) is 4.79 Å². The summed E-state index contributed by atoms with van der Waals surface area (Å²) in [6, 6.07) is 14.3. The second-order valence-corrected chi connectivity index (χ2v) is 8.60. The highest BCUT2D eigenvalue weighted by Gasteiger charge is 2.15. The Morgan fingerprint density at radius 2 is 2.00 bits per heavy atom. The molecule has 0 aliphatic carbocycles. The number of hydrogen-bond donors (Lipinski definition) is 1. The minimum absolute atomic E-state index is 0.0966. The Kier molecular flexibility index (Phi) is 4.00. The van der Waals surface area contributed by atoms with E-state index in [2.05, 4.69) is 37.9 Å². The minimum atomic E-state index is -0.0966. The number of nitrogens with zero attached hydrogens (tertiary/aromatic N) is 5. The van der Waals surface area contributed by atoms with E-state index >= 15 is 0 Å². The molecule has 0 amide bonds. The standard InChI is InChI=1S/C23H18N6OS/c1-28-21-10-14(9-16-7-8-26-31-16)5-6-17(21)19-12-25-29(23(30)22(19)28)13-15-3-2-4-20-18(15)11-24-27-20/h2-8,10-12H,9,13H2,1H3,(H,24,27). The van der Waals surface area contributed by atoms with Crippen LogP contribution in [0.3, 0.4) is 0 Å². The third-order valence-electron chi connectivity index (χ3n) is 5.83. The number of fused-ring (bicyclic) bond motifs is 4. The SMILES string of the molecule is Cn1c2cc(Cc3ccns3)ccc2c2cnn(Cc3cccc4[nH]ncc34)c(=O)c21. The first kappa shape index (κ1) is 18.0. The van der Waals surface area contributed by atoms with Crippen LogP contribution in [0.25, 0.3) is 32.7 Å². The summed E-state index contributed by atoms with van der Waals surface area (Å²) in [5, 5.41) is 14.5. The van der Waals surface area contributed by atoms with E-state index < -0.39 is 0 Å². The van der Waals surface area contributed by atoms with Gasteiger partial charge in [0.15, 0.2) is 0 Å². The van der Waals surface area contributed by atoms with Crippen LogP contribution < -0.4 is 5.56 Å². The van der Waals surface area contributed by atoms with Gasteiger partial charge in [0.25, 0.3) is 5.56 Å². The summed E-state index contributed by atoms with van der Waals surface area (Å²) in [6.07, 6.45) is 6.25. The average molecular weight is 427 g/mol. The molecule has 6 rings (SSSR count). The van der Waals surface area contributed by atoms with Crippen molar-refractivity contribution in [3.05, 3.63) is 87.4 Å². The molecule has 0 atom stereocenters. The fourth-order valence-corrected chi connectivity index (χ4v) is 4.90. The molecule has 0 aliphatic rings. The zero-order valence-electron chi connectivity index (χ0n) is 16.7. The minimum Gasteiger partial charge on any atom is -0.339 e. The number of hydrogen-bond acceptors (Lipinski definition) is 5. The van der Waals surface area contributed by atoms with Gasteiger partial charge in [-0.1, -0.05) is 24.3 Å². The highest BCUT2D eigenvalue weighted by atomic mass is 32.1. The highest BCUT2D eigenvalue weighted by Crippen LogP contribution is 2.27. The largest absolute Gasteiger partial charge is 0.339 e. The maximum absolute atomic E-state index is 13.4. The van der Waals surface area contributed by atoms with Crippen LogP contribution in [-0.4, -0.2) is 28.9 Å². The van der Waals surface area contributed by atoms with E-state index in [0.29, 0.717) is 12.1 Å². The predicted octanol–water partition coefficient (Wildman–Crippen LogP) is 3.86. The maximum Gasteiger partial charge on any atom is 0.291 e. The fourth-order valence-electron chi connectivity index (χ4n) is 4.29. The van der Waals surface area contributed by atoms with Gasteiger partial charge in [-0.25, -0.2) is 9.06 Å². The molecule has 4 aromatic heterocycles. The van der Waals surface area contributed by atoms with Gasteiger partial charge in [0, 0.05) is 46.2 Å². The Balaban J connectivity index is 1.47. The van der Waals surface area contributed by atoms with E-state index in [-0.39, 0.29) is 5.56 Å². The van der Waals surface area contributed by atoms with Gasteiger partial charge in [-0.2, -0.15) is 10.2 Å². The molecule has 8 heteroatoms. The van der Waals surface area contributed by atoms with Crippen LogP contribution >= 0.6 is 11.5 Å². The third-order valence-corrected chi connectivity index (χ3v) is 6.57. The number of aromatic nitrogens is 6. The van der Waals surface area contributed by atoms with Gasteiger partial charge in [0.1, 0.15) is 5.52 Å². The lowest BCUT2D eigenvalue weighted by atomic mass is 10.1. The summed E-state index contributed by atoms with van der Waals surface area (Å²) in [4.78, 5) is 14.6. The van der Waals surface area contributed by atoms with Gasteiger partial charge < -0.3 is 4.57 Å². The molecule has 0 bridgehead atoms. The molecule has 0 unspecified atom stereocenters. The molecule has 1 N–H and O–H groups in total. The van der Waals surface area contributed by atoms with Crippen LogP contribution in [0.1, 0.15) is 16.0 Å². The summed E-state index contributed by atoms with van der Waals surface area (Å²) in [6.45, 7) is 0.393. The summed E-state index contributed by atoms with van der Waals surface area (Å²) in [5.41, 5.74) is 4.75. The molecule has 0 aliphatic heterocycles. The summed E-state index contributed by atoms with van der Waals surface area (Å²) in [5.74, 6) is 0. The van der Waals surface area contributed by atoms with E-state index in [0.717, 1.165) is 39.2 Å². The van der Waals surface area contributed by atoms with Crippen molar-refractivity contribution in [1.29, 1.82) is 0 Å². The smallest absolute Gasteiger partial charge is 0.291 e. The van der Waals surface area contributed by atoms with Crippen LogP contribution in [0.4, 0.5) is 0 Å². The lowest BCUT2D eigenvalue weighted by molar-refractivity contribution is 0.647. The number of H-pyrrole nitrogens is 1. The monoisotopic (exact) mass is 426 g/mol. The lowest BCUT2D eigenvalue weighted by Crippen LogP contribution is -2.24. The van der Waals surface area contributed by atoms with Gasteiger partial charge >= 0.3 is 0 Å². The summed E-state index contributed by atoms with van der Waals surface area (Å²) < 4.78 is 7.70. The van der Waals surface area contributed by atoms with Gasteiger partial charge in [-0.3, -0.25) is 9.89 Å². The van der Waals surface area contributed by atoms with Crippen molar-refractivity contribution in [2.45, 2.75) is 13.0 Å². The Bertz CT molecular complexity index is 1620.